The number of nitrogens with one attached hydrogen (secondary N) is 1. The van der Waals surface area contributed by atoms with E-state index in [4.69, 9.17) is 16.3 Å². The molecule has 4 heteroatoms. The Hall–Kier alpha value is -1.22. The Morgan fingerprint density at radius 3 is 2.80 bits per heavy atom. The van der Waals surface area contributed by atoms with Crippen molar-refractivity contribution in [3.05, 3.63) is 29.8 Å². The van der Waals surface area contributed by atoms with Crippen molar-refractivity contribution in [3.8, 4) is 5.75 Å². The molecular formula is C16H24ClNO2. The maximum absolute atomic E-state index is 11.6. The Morgan fingerprint density at radius 2 is 2.15 bits per heavy atom. The summed E-state index contributed by atoms with van der Waals surface area (Å²) >= 11 is 6.12. The van der Waals surface area contributed by atoms with Crippen molar-refractivity contribution >= 4 is 17.5 Å². The monoisotopic (exact) mass is 297 g/mol. The van der Waals surface area contributed by atoms with Crippen LogP contribution in [0.5, 0.6) is 5.75 Å². The maximum atomic E-state index is 11.6. The van der Waals surface area contributed by atoms with E-state index in [2.05, 4.69) is 19.2 Å². The van der Waals surface area contributed by atoms with E-state index in [1.54, 1.807) is 0 Å². The third-order valence-corrected chi connectivity index (χ3v) is 3.17. The molecule has 0 radical (unpaired) electrons. The molecule has 20 heavy (non-hydrogen) atoms. The van der Waals surface area contributed by atoms with Gasteiger partial charge < -0.3 is 10.1 Å². The molecule has 0 aromatic heterocycles. The van der Waals surface area contributed by atoms with Crippen molar-refractivity contribution in [2.24, 2.45) is 5.92 Å². The van der Waals surface area contributed by atoms with Crippen molar-refractivity contribution in [1.29, 1.82) is 0 Å². The number of alkyl halides is 1. The summed E-state index contributed by atoms with van der Waals surface area (Å²) in [6.45, 7) is 7.14. The predicted octanol–water partition coefficient (Wildman–Crippen LogP) is 3.53. The lowest BCUT2D eigenvalue weighted by Gasteiger charge is -2.13. The number of hydrogen-bond donors (Lipinski definition) is 1. The van der Waals surface area contributed by atoms with E-state index < -0.39 is 0 Å². The van der Waals surface area contributed by atoms with Crippen LogP contribution in [0.25, 0.3) is 0 Å². The zero-order valence-electron chi connectivity index (χ0n) is 12.5. The van der Waals surface area contributed by atoms with Crippen LogP contribution in [-0.2, 0) is 4.79 Å². The fraction of sp³-hybridized carbons (Fsp3) is 0.562. The molecule has 0 spiro atoms. The summed E-state index contributed by atoms with van der Waals surface area (Å²) in [7, 11) is 0. The summed E-state index contributed by atoms with van der Waals surface area (Å²) < 4.78 is 5.54. The first kappa shape index (κ1) is 16.8. The zero-order valence-corrected chi connectivity index (χ0v) is 13.2. The smallest absolute Gasteiger partial charge is 0.223 e. The highest BCUT2D eigenvalue weighted by Crippen LogP contribution is 2.12. The van der Waals surface area contributed by atoms with Gasteiger partial charge in [0, 0.05) is 6.54 Å². The highest BCUT2D eigenvalue weighted by molar-refractivity contribution is 6.20. The predicted molar refractivity (Wildman–Crippen MR) is 83.4 cm³/mol. The van der Waals surface area contributed by atoms with Gasteiger partial charge in [0.05, 0.1) is 18.4 Å². The summed E-state index contributed by atoms with van der Waals surface area (Å²) in [6.07, 6.45) is 1.25. The van der Waals surface area contributed by atoms with Crippen LogP contribution in [0.2, 0.25) is 0 Å². The highest BCUT2D eigenvalue weighted by Gasteiger charge is 2.09. The first-order chi connectivity index (χ1) is 9.47. The van der Waals surface area contributed by atoms with Gasteiger partial charge in [-0.25, -0.2) is 0 Å². The van der Waals surface area contributed by atoms with Crippen LogP contribution >= 0.6 is 11.6 Å². The number of amides is 1. The van der Waals surface area contributed by atoms with Crippen LogP contribution in [0.1, 0.15) is 32.3 Å². The van der Waals surface area contributed by atoms with Gasteiger partial charge in [0.15, 0.2) is 0 Å². The SMILES string of the molecule is Cc1cccc(OCCC(=O)NCC(Cl)CC(C)C)c1. The minimum Gasteiger partial charge on any atom is -0.493 e. The van der Waals surface area contributed by atoms with Gasteiger partial charge >= 0.3 is 0 Å². The van der Waals surface area contributed by atoms with Crippen LogP contribution in [0, 0.1) is 12.8 Å². The molecule has 0 heterocycles. The molecule has 0 saturated heterocycles. The van der Waals surface area contributed by atoms with Gasteiger partial charge in [0.1, 0.15) is 5.75 Å². The van der Waals surface area contributed by atoms with Crippen LogP contribution in [-0.4, -0.2) is 24.4 Å². The molecule has 1 aromatic rings. The zero-order chi connectivity index (χ0) is 15.0. The van der Waals surface area contributed by atoms with E-state index in [1.807, 2.05) is 31.2 Å². The third kappa shape index (κ3) is 7.39. The number of hydrogen-bond acceptors (Lipinski definition) is 2. The lowest BCUT2D eigenvalue weighted by Crippen LogP contribution is -2.31. The number of carbonyl (C=O) groups is 1. The van der Waals surface area contributed by atoms with E-state index in [0.717, 1.165) is 17.7 Å². The molecule has 1 atom stereocenters. The highest BCUT2D eigenvalue weighted by atomic mass is 35.5. The topological polar surface area (TPSA) is 38.3 Å². The van der Waals surface area contributed by atoms with Gasteiger partial charge in [-0.1, -0.05) is 26.0 Å². The molecule has 1 N–H and O–H groups in total. The largest absolute Gasteiger partial charge is 0.493 e. The summed E-state index contributed by atoms with van der Waals surface area (Å²) in [5, 5.41) is 2.83. The molecule has 0 fully saturated rings. The second-order valence-electron chi connectivity index (χ2n) is 5.45. The van der Waals surface area contributed by atoms with E-state index in [1.165, 1.54) is 0 Å². The minimum atomic E-state index is -0.0212. The van der Waals surface area contributed by atoms with Gasteiger partial charge in [-0.15, -0.1) is 11.6 Å². The molecule has 1 unspecified atom stereocenters. The molecule has 112 valence electrons. The van der Waals surface area contributed by atoms with E-state index in [-0.39, 0.29) is 11.3 Å². The fourth-order valence-electron chi connectivity index (χ4n) is 1.87. The summed E-state index contributed by atoms with van der Waals surface area (Å²) in [5.74, 6) is 1.32. The number of carbonyl (C=O) groups excluding carboxylic acids is 1. The number of halogens is 1. The summed E-state index contributed by atoms with van der Waals surface area (Å²) in [5.41, 5.74) is 1.14. The Morgan fingerprint density at radius 1 is 1.40 bits per heavy atom. The Kier molecular flexibility index (Phi) is 7.45. The Labute approximate surface area is 126 Å². The molecule has 3 nitrogen and oxygen atoms in total. The van der Waals surface area contributed by atoms with Crippen molar-refractivity contribution in [2.45, 2.75) is 39.0 Å². The van der Waals surface area contributed by atoms with E-state index >= 15 is 0 Å². The first-order valence-corrected chi connectivity index (χ1v) is 7.51. The van der Waals surface area contributed by atoms with Crippen LogP contribution in [0.4, 0.5) is 0 Å². The molecule has 1 rings (SSSR count). The summed E-state index contributed by atoms with van der Waals surface area (Å²) in [6, 6.07) is 7.79. The van der Waals surface area contributed by atoms with E-state index in [9.17, 15) is 4.79 Å². The Balaban J connectivity index is 2.17. The number of benzene rings is 1. The van der Waals surface area contributed by atoms with Crippen molar-refractivity contribution in [1.82, 2.24) is 5.32 Å². The van der Waals surface area contributed by atoms with E-state index in [0.29, 0.717) is 25.5 Å². The molecule has 0 saturated carbocycles. The Bertz CT molecular complexity index is 421. The third-order valence-electron chi connectivity index (χ3n) is 2.84. The lowest BCUT2D eigenvalue weighted by atomic mass is 10.1. The lowest BCUT2D eigenvalue weighted by molar-refractivity contribution is -0.121. The number of ether oxygens (including phenoxy) is 1. The quantitative estimate of drug-likeness (QED) is 0.745. The second kappa shape index (κ2) is 8.85. The molecule has 0 aliphatic carbocycles. The average Bonchev–Trinajstić information content (AvgIpc) is 2.36. The van der Waals surface area contributed by atoms with Gasteiger partial charge in [-0.3, -0.25) is 4.79 Å². The number of aryl methyl sites for hydroxylation is 1. The summed E-state index contributed by atoms with van der Waals surface area (Å²) in [4.78, 5) is 11.6. The van der Waals surface area contributed by atoms with Crippen molar-refractivity contribution in [2.75, 3.05) is 13.2 Å². The average molecular weight is 298 g/mol. The van der Waals surface area contributed by atoms with Crippen LogP contribution in [0.15, 0.2) is 24.3 Å². The maximum Gasteiger partial charge on any atom is 0.223 e. The van der Waals surface area contributed by atoms with Crippen molar-refractivity contribution < 1.29 is 9.53 Å². The van der Waals surface area contributed by atoms with Crippen LogP contribution < -0.4 is 10.1 Å². The van der Waals surface area contributed by atoms with Gasteiger partial charge in [-0.05, 0) is 37.0 Å². The fourth-order valence-corrected chi connectivity index (χ4v) is 2.31. The standard InChI is InChI=1S/C16H24ClNO2/c1-12(2)9-14(17)11-18-16(19)7-8-20-15-6-4-5-13(3)10-15/h4-6,10,12,14H,7-9,11H2,1-3H3,(H,18,19). The van der Waals surface area contributed by atoms with Gasteiger partial charge in [0.2, 0.25) is 5.91 Å². The normalized spacial score (nSPS) is 12.2. The second-order valence-corrected chi connectivity index (χ2v) is 6.06. The molecule has 0 bridgehead atoms. The van der Waals surface area contributed by atoms with Gasteiger partial charge in [-0.2, -0.15) is 0 Å². The number of rotatable bonds is 8. The molecular weight excluding hydrogens is 274 g/mol. The first-order valence-electron chi connectivity index (χ1n) is 7.07. The minimum absolute atomic E-state index is 0.00311. The molecule has 1 amide bonds. The van der Waals surface area contributed by atoms with Crippen LogP contribution in [0.3, 0.4) is 0 Å². The van der Waals surface area contributed by atoms with Gasteiger partial charge in [0.25, 0.3) is 0 Å². The van der Waals surface area contributed by atoms with Crippen molar-refractivity contribution in [3.63, 3.8) is 0 Å². The molecule has 1 aromatic carbocycles. The molecule has 0 aliphatic rings. The molecule has 0 aliphatic heterocycles.